The van der Waals surface area contributed by atoms with Crippen molar-refractivity contribution >= 4 is 16.9 Å². The molecule has 1 aromatic carbocycles. The van der Waals surface area contributed by atoms with Crippen molar-refractivity contribution in [2.24, 2.45) is 7.05 Å². The summed E-state index contributed by atoms with van der Waals surface area (Å²) in [5.41, 5.74) is 4.19. The molecule has 4 heterocycles. The summed E-state index contributed by atoms with van der Waals surface area (Å²) in [5.74, 6) is 0.681. The van der Waals surface area contributed by atoms with Crippen LogP contribution in [-0.4, -0.2) is 35.8 Å². The molecule has 162 valence electrons. The first-order valence-corrected chi connectivity index (χ1v) is 10.7. The number of benzene rings is 1. The van der Waals surface area contributed by atoms with Gasteiger partial charge >= 0.3 is 5.69 Å². The molecule has 1 aliphatic rings. The molecular weight excluding hydrogens is 394 g/mol. The van der Waals surface area contributed by atoms with E-state index in [0.717, 1.165) is 42.0 Å². The van der Waals surface area contributed by atoms with Gasteiger partial charge in [-0.05, 0) is 39.2 Å². The summed E-state index contributed by atoms with van der Waals surface area (Å²) in [6, 6.07) is 7.86. The molecule has 1 fully saturated rings. The van der Waals surface area contributed by atoms with Crippen LogP contribution in [0, 0.1) is 20.8 Å². The van der Waals surface area contributed by atoms with E-state index in [4.69, 9.17) is 9.72 Å². The van der Waals surface area contributed by atoms with Gasteiger partial charge in [-0.25, -0.2) is 4.79 Å². The minimum Gasteiger partial charge on any atom is -0.376 e. The highest BCUT2D eigenvalue weighted by atomic mass is 16.5. The average molecular weight is 422 g/mol. The molecule has 1 aliphatic heterocycles. The third kappa shape index (κ3) is 3.05. The monoisotopic (exact) mass is 421 g/mol. The minimum atomic E-state index is -0.361. The standard InChI is InChI=1S/C23H27N5O3/c1-14-7-5-8-17(11-14)12-27-21(29)19-20(25(4)23(27)30)24-22-26(13-18-9-6-10-31-18)15(2)16(3)28(19)22/h5,7-8,11,18H,6,9-10,12-13H2,1-4H3/t18-/m1/s1. The zero-order chi connectivity index (χ0) is 21.9. The lowest BCUT2D eigenvalue weighted by Crippen LogP contribution is -2.39. The Balaban J connectivity index is 1.74. The van der Waals surface area contributed by atoms with Crippen LogP contribution in [-0.2, 0) is 24.9 Å². The summed E-state index contributed by atoms with van der Waals surface area (Å²) in [4.78, 5) is 31.3. The van der Waals surface area contributed by atoms with E-state index in [1.165, 1.54) is 9.13 Å². The molecule has 8 nitrogen and oxygen atoms in total. The first kappa shape index (κ1) is 19.8. The zero-order valence-electron chi connectivity index (χ0n) is 18.4. The largest absolute Gasteiger partial charge is 0.376 e. The quantitative estimate of drug-likeness (QED) is 0.507. The molecule has 5 rings (SSSR count). The molecule has 8 heteroatoms. The van der Waals surface area contributed by atoms with Crippen molar-refractivity contribution in [1.29, 1.82) is 0 Å². The molecule has 0 radical (unpaired) electrons. The van der Waals surface area contributed by atoms with E-state index < -0.39 is 0 Å². The summed E-state index contributed by atoms with van der Waals surface area (Å²) in [6.45, 7) is 7.73. The number of fused-ring (bicyclic) bond motifs is 3. The van der Waals surface area contributed by atoms with Crippen LogP contribution in [0.25, 0.3) is 16.9 Å². The van der Waals surface area contributed by atoms with Crippen LogP contribution in [0.5, 0.6) is 0 Å². The van der Waals surface area contributed by atoms with E-state index in [2.05, 4.69) is 4.57 Å². The van der Waals surface area contributed by atoms with Crippen LogP contribution in [0.3, 0.4) is 0 Å². The molecule has 0 amide bonds. The SMILES string of the molecule is Cc1cccc(Cn2c(=O)c3c(nc4n(C[C@H]5CCCO5)c(C)c(C)n34)n(C)c2=O)c1. The molecule has 0 spiro atoms. The molecule has 1 saturated heterocycles. The Kier molecular flexibility index (Phi) is 4.62. The molecule has 4 aromatic rings. The number of rotatable bonds is 4. The fourth-order valence-corrected chi connectivity index (χ4v) is 4.66. The van der Waals surface area contributed by atoms with Crippen molar-refractivity contribution in [2.75, 3.05) is 6.61 Å². The molecule has 31 heavy (non-hydrogen) atoms. The number of ether oxygens (including phenoxy) is 1. The van der Waals surface area contributed by atoms with Crippen LogP contribution in [0.15, 0.2) is 33.9 Å². The van der Waals surface area contributed by atoms with Gasteiger partial charge in [-0.1, -0.05) is 29.8 Å². The summed E-state index contributed by atoms with van der Waals surface area (Å²) in [6.07, 6.45) is 2.23. The van der Waals surface area contributed by atoms with Crippen LogP contribution >= 0.6 is 0 Å². The first-order chi connectivity index (χ1) is 14.9. The highest BCUT2D eigenvalue weighted by Crippen LogP contribution is 2.23. The fourth-order valence-electron chi connectivity index (χ4n) is 4.66. The molecular formula is C23H27N5O3. The van der Waals surface area contributed by atoms with Gasteiger partial charge < -0.3 is 9.30 Å². The van der Waals surface area contributed by atoms with E-state index >= 15 is 0 Å². The first-order valence-electron chi connectivity index (χ1n) is 10.7. The van der Waals surface area contributed by atoms with E-state index in [9.17, 15) is 9.59 Å². The summed E-state index contributed by atoms with van der Waals surface area (Å²) in [7, 11) is 1.68. The normalized spacial score (nSPS) is 16.7. The van der Waals surface area contributed by atoms with Gasteiger partial charge in [-0.15, -0.1) is 0 Å². The van der Waals surface area contributed by atoms with E-state index in [-0.39, 0.29) is 23.9 Å². The Morgan fingerprint density at radius 2 is 1.94 bits per heavy atom. The van der Waals surface area contributed by atoms with Crippen LogP contribution in [0.1, 0.15) is 35.4 Å². The lowest BCUT2D eigenvalue weighted by molar-refractivity contribution is 0.0974. The maximum atomic E-state index is 13.5. The van der Waals surface area contributed by atoms with Gasteiger partial charge in [0.1, 0.15) is 0 Å². The zero-order valence-corrected chi connectivity index (χ0v) is 18.4. The van der Waals surface area contributed by atoms with Crippen molar-refractivity contribution in [3.8, 4) is 0 Å². The second-order valence-corrected chi connectivity index (χ2v) is 8.56. The van der Waals surface area contributed by atoms with Crippen molar-refractivity contribution in [2.45, 2.75) is 52.8 Å². The fraction of sp³-hybridized carbons (Fsp3) is 0.435. The Hall–Kier alpha value is -3.13. The average Bonchev–Trinajstić information content (AvgIpc) is 3.44. The van der Waals surface area contributed by atoms with Gasteiger partial charge in [-0.2, -0.15) is 4.98 Å². The van der Waals surface area contributed by atoms with Gasteiger partial charge in [0, 0.05) is 25.0 Å². The predicted octanol–water partition coefficient (Wildman–Crippen LogP) is 2.30. The van der Waals surface area contributed by atoms with Gasteiger partial charge in [-0.3, -0.25) is 18.3 Å². The number of aromatic nitrogens is 5. The number of hydrogen-bond acceptors (Lipinski definition) is 4. The van der Waals surface area contributed by atoms with Crippen molar-refractivity contribution < 1.29 is 4.74 Å². The highest BCUT2D eigenvalue weighted by molar-refractivity contribution is 5.76. The van der Waals surface area contributed by atoms with Gasteiger partial charge in [0.05, 0.1) is 19.2 Å². The molecule has 0 saturated carbocycles. The summed E-state index contributed by atoms with van der Waals surface area (Å²) >= 11 is 0. The van der Waals surface area contributed by atoms with Gasteiger partial charge in [0.2, 0.25) is 5.78 Å². The minimum absolute atomic E-state index is 0.149. The van der Waals surface area contributed by atoms with Crippen LogP contribution in [0.2, 0.25) is 0 Å². The second kappa shape index (κ2) is 7.23. The third-order valence-electron chi connectivity index (χ3n) is 6.46. The molecule has 0 aliphatic carbocycles. The van der Waals surface area contributed by atoms with E-state index in [0.29, 0.717) is 23.5 Å². The second-order valence-electron chi connectivity index (χ2n) is 8.56. The topological polar surface area (TPSA) is 75.5 Å². The Morgan fingerprint density at radius 1 is 1.13 bits per heavy atom. The summed E-state index contributed by atoms with van der Waals surface area (Å²) in [5, 5.41) is 0. The highest BCUT2D eigenvalue weighted by Gasteiger charge is 2.25. The number of aryl methyl sites for hydroxylation is 3. The maximum absolute atomic E-state index is 13.5. The van der Waals surface area contributed by atoms with E-state index in [1.807, 2.05) is 49.4 Å². The number of imidazole rings is 2. The van der Waals surface area contributed by atoms with Crippen LogP contribution in [0.4, 0.5) is 0 Å². The van der Waals surface area contributed by atoms with Crippen molar-refractivity contribution in [3.05, 3.63) is 67.6 Å². The van der Waals surface area contributed by atoms with Crippen molar-refractivity contribution in [3.63, 3.8) is 0 Å². The van der Waals surface area contributed by atoms with Crippen molar-refractivity contribution in [1.82, 2.24) is 23.1 Å². The Bertz CT molecular complexity index is 1430. The molecule has 0 unspecified atom stereocenters. The predicted molar refractivity (Wildman–Crippen MR) is 119 cm³/mol. The van der Waals surface area contributed by atoms with Gasteiger partial charge in [0.25, 0.3) is 5.56 Å². The Morgan fingerprint density at radius 3 is 2.65 bits per heavy atom. The Labute approximate surface area is 179 Å². The smallest absolute Gasteiger partial charge is 0.332 e. The van der Waals surface area contributed by atoms with Gasteiger partial charge in [0.15, 0.2) is 11.2 Å². The molecule has 3 aromatic heterocycles. The maximum Gasteiger partial charge on any atom is 0.332 e. The molecule has 0 bridgehead atoms. The number of hydrogen-bond donors (Lipinski definition) is 0. The number of nitrogens with zero attached hydrogens (tertiary/aromatic N) is 5. The lowest BCUT2D eigenvalue weighted by atomic mass is 10.1. The van der Waals surface area contributed by atoms with Crippen LogP contribution < -0.4 is 11.2 Å². The summed E-state index contributed by atoms with van der Waals surface area (Å²) < 4.78 is 12.6. The lowest BCUT2D eigenvalue weighted by Gasteiger charge is -2.12. The third-order valence-corrected chi connectivity index (χ3v) is 6.46. The molecule has 1 atom stereocenters. The van der Waals surface area contributed by atoms with E-state index in [1.54, 1.807) is 7.05 Å². The molecule has 0 N–H and O–H groups in total.